The Labute approximate surface area is 195 Å². The number of halogens is 1. The smallest absolute Gasteiger partial charge is 0.344 e. The maximum Gasteiger partial charge on any atom is 0.352 e. The van der Waals surface area contributed by atoms with Gasteiger partial charge in [0.15, 0.2) is 0 Å². The van der Waals surface area contributed by atoms with Gasteiger partial charge in [-0.25, -0.2) is 9.18 Å². The summed E-state index contributed by atoms with van der Waals surface area (Å²) >= 11 is 0. The van der Waals surface area contributed by atoms with Gasteiger partial charge in [0.25, 0.3) is 11.5 Å². The molecular formula is C26H23FN4O3. The van der Waals surface area contributed by atoms with Crippen LogP contribution in [0.3, 0.4) is 0 Å². The molecule has 0 spiro atoms. The van der Waals surface area contributed by atoms with E-state index in [4.69, 9.17) is 0 Å². The van der Waals surface area contributed by atoms with Crippen molar-refractivity contribution >= 4 is 5.91 Å². The Morgan fingerprint density at radius 3 is 2.44 bits per heavy atom. The first-order chi connectivity index (χ1) is 16.3. The van der Waals surface area contributed by atoms with E-state index < -0.39 is 34.7 Å². The first kappa shape index (κ1) is 22.8. The van der Waals surface area contributed by atoms with Crippen LogP contribution in [0.1, 0.15) is 40.1 Å². The van der Waals surface area contributed by atoms with Crippen molar-refractivity contribution in [2.75, 3.05) is 0 Å². The van der Waals surface area contributed by atoms with Gasteiger partial charge in [-0.3, -0.25) is 14.2 Å². The minimum atomic E-state index is -0.851. The molecule has 0 fully saturated rings. The highest BCUT2D eigenvalue weighted by molar-refractivity contribution is 5.92. The summed E-state index contributed by atoms with van der Waals surface area (Å²) in [6.07, 6.45) is 0. The average molecular weight is 458 g/mol. The van der Waals surface area contributed by atoms with Crippen LogP contribution in [0.25, 0.3) is 5.69 Å². The Morgan fingerprint density at radius 2 is 1.74 bits per heavy atom. The van der Waals surface area contributed by atoms with Gasteiger partial charge in [0, 0.05) is 0 Å². The number of aromatic nitrogens is 3. The van der Waals surface area contributed by atoms with Gasteiger partial charge in [-0.05, 0) is 54.8 Å². The minimum absolute atomic E-state index is 0.210. The third-order valence-corrected chi connectivity index (χ3v) is 5.40. The molecule has 3 aromatic carbocycles. The summed E-state index contributed by atoms with van der Waals surface area (Å²) in [4.78, 5) is 39.6. The Morgan fingerprint density at radius 1 is 1.00 bits per heavy atom. The molecule has 0 bridgehead atoms. The number of rotatable bonds is 6. The van der Waals surface area contributed by atoms with Crippen LogP contribution < -0.4 is 16.6 Å². The summed E-state index contributed by atoms with van der Waals surface area (Å²) in [6, 6.07) is 21.5. The maximum atomic E-state index is 13.7. The van der Waals surface area contributed by atoms with Crippen molar-refractivity contribution in [3.63, 3.8) is 0 Å². The van der Waals surface area contributed by atoms with Crippen LogP contribution in [0.15, 0.2) is 88.5 Å². The molecule has 4 aromatic rings. The van der Waals surface area contributed by atoms with E-state index in [1.54, 1.807) is 31.2 Å². The Hall–Kier alpha value is -4.33. The molecule has 4 rings (SSSR count). The maximum absolute atomic E-state index is 13.7. The Bertz CT molecular complexity index is 1460. The van der Waals surface area contributed by atoms with Crippen molar-refractivity contribution in [2.24, 2.45) is 0 Å². The van der Waals surface area contributed by atoms with Crippen LogP contribution >= 0.6 is 0 Å². The summed E-state index contributed by atoms with van der Waals surface area (Å²) in [5.74, 6) is -1.20. The zero-order valence-electron chi connectivity index (χ0n) is 18.7. The van der Waals surface area contributed by atoms with Crippen LogP contribution in [0.4, 0.5) is 4.39 Å². The molecule has 1 N–H and O–H groups in total. The Kier molecular flexibility index (Phi) is 6.49. The van der Waals surface area contributed by atoms with Gasteiger partial charge in [-0.15, -0.1) is 0 Å². The van der Waals surface area contributed by atoms with Gasteiger partial charge in [-0.1, -0.05) is 54.6 Å². The molecule has 0 radical (unpaired) electrons. The monoisotopic (exact) mass is 458 g/mol. The average Bonchev–Trinajstić information content (AvgIpc) is 2.82. The van der Waals surface area contributed by atoms with E-state index in [1.165, 1.54) is 18.2 Å². The predicted octanol–water partition coefficient (Wildman–Crippen LogP) is 3.38. The minimum Gasteiger partial charge on any atom is -0.344 e. The highest BCUT2D eigenvalue weighted by atomic mass is 19.1. The first-order valence-corrected chi connectivity index (χ1v) is 10.7. The lowest BCUT2D eigenvalue weighted by Crippen LogP contribution is -2.46. The number of carbonyl (C=O) groups excluding carboxylic acids is 1. The van der Waals surface area contributed by atoms with Gasteiger partial charge in [-0.2, -0.15) is 9.78 Å². The van der Waals surface area contributed by atoms with Crippen LogP contribution in [-0.2, 0) is 6.54 Å². The third-order valence-electron chi connectivity index (χ3n) is 5.40. The predicted molar refractivity (Wildman–Crippen MR) is 127 cm³/mol. The molecule has 0 saturated carbocycles. The number of aryl methyl sites for hydroxylation is 1. The van der Waals surface area contributed by atoms with E-state index in [9.17, 15) is 18.8 Å². The fourth-order valence-electron chi connectivity index (χ4n) is 3.63. The number of hydrogen-bond acceptors (Lipinski definition) is 4. The fourth-order valence-corrected chi connectivity index (χ4v) is 3.63. The van der Waals surface area contributed by atoms with Crippen LogP contribution in [0.5, 0.6) is 0 Å². The quantitative estimate of drug-likeness (QED) is 0.480. The number of amides is 1. The highest BCUT2D eigenvalue weighted by Crippen LogP contribution is 2.12. The molecule has 0 aliphatic rings. The second-order valence-corrected chi connectivity index (χ2v) is 8.01. The number of benzene rings is 3. The van der Waals surface area contributed by atoms with E-state index in [2.05, 4.69) is 10.4 Å². The standard InChI is InChI=1S/C26H23FN4O3/c1-17-8-6-13-22(14-17)31-26(34)30(16-19-9-7-12-21(27)15-19)25(33)23(29-31)24(32)28-18(2)20-10-4-3-5-11-20/h3-15,18H,16H2,1-2H3,(H,28,32). The second kappa shape index (κ2) is 9.66. The molecule has 0 aliphatic heterocycles. The van der Waals surface area contributed by atoms with E-state index in [-0.39, 0.29) is 6.54 Å². The third kappa shape index (κ3) is 4.85. The Balaban J connectivity index is 1.82. The lowest BCUT2D eigenvalue weighted by atomic mass is 10.1. The van der Waals surface area contributed by atoms with E-state index in [0.717, 1.165) is 20.4 Å². The highest BCUT2D eigenvalue weighted by Gasteiger charge is 2.22. The number of nitrogens with one attached hydrogen (secondary N) is 1. The van der Waals surface area contributed by atoms with Crippen molar-refractivity contribution in [3.8, 4) is 5.69 Å². The lowest BCUT2D eigenvalue weighted by Gasteiger charge is -2.16. The molecule has 1 unspecified atom stereocenters. The van der Waals surface area contributed by atoms with Gasteiger partial charge < -0.3 is 5.32 Å². The van der Waals surface area contributed by atoms with Gasteiger partial charge in [0.2, 0.25) is 5.69 Å². The summed E-state index contributed by atoms with van der Waals surface area (Å²) in [5, 5.41) is 6.91. The zero-order valence-corrected chi connectivity index (χ0v) is 18.7. The molecule has 1 amide bonds. The summed E-state index contributed by atoms with van der Waals surface area (Å²) in [6.45, 7) is 3.43. The van der Waals surface area contributed by atoms with Gasteiger partial charge in [0.1, 0.15) is 5.82 Å². The van der Waals surface area contributed by atoms with Crippen LogP contribution in [0, 0.1) is 12.7 Å². The molecule has 7 nitrogen and oxygen atoms in total. The van der Waals surface area contributed by atoms with Crippen molar-refractivity contribution in [1.82, 2.24) is 19.7 Å². The second-order valence-electron chi connectivity index (χ2n) is 8.01. The normalized spacial score (nSPS) is 11.7. The molecule has 34 heavy (non-hydrogen) atoms. The molecule has 0 saturated heterocycles. The topological polar surface area (TPSA) is 86.0 Å². The SMILES string of the molecule is Cc1cccc(-n2nc(C(=O)NC(C)c3ccccc3)c(=O)n(Cc3cccc(F)c3)c2=O)c1. The molecular weight excluding hydrogens is 435 g/mol. The van der Waals surface area contributed by atoms with E-state index >= 15 is 0 Å². The largest absolute Gasteiger partial charge is 0.352 e. The molecule has 1 aromatic heterocycles. The van der Waals surface area contributed by atoms with Crippen molar-refractivity contribution in [1.29, 1.82) is 0 Å². The molecule has 172 valence electrons. The molecule has 1 atom stereocenters. The molecule has 0 aliphatic carbocycles. The number of nitrogens with zero attached hydrogens (tertiary/aromatic N) is 3. The number of carbonyl (C=O) groups is 1. The van der Waals surface area contributed by atoms with Crippen molar-refractivity contribution in [2.45, 2.75) is 26.4 Å². The van der Waals surface area contributed by atoms with Crippen molar-refractivity contribution in [3.05, 3.63) is 128 Å². The van der Waals surface area contributed by atoms with Crippen molar-refractivity contribution < 1.29 is 9.18 Å². The summed E-state index contributed by atoms with van der Waals surface area (Å²) in [7, 11) is 0. The fraction of sp³-hybridized carbons (Fsp3) is 0.154. The summed E-state index contributed by atoms with van der Waals surface area (Å²) < 4.78 is 15.6. The first-order valence-electron chi connectivity index (χ1n) is 10.7. The lowest BCUT2D eigenvalue weighted by molar-refractivity contribution is 0.0930. The summed E-state index contributed by atoms with van der Waals surface area (Å²) in [5.41, 5.74) is 0.526. The van der Waals surface area contributed by atoms with E-state index in [1.807, 2.05) is 43.3 Å². The molecule has 8 heteroatoms. The molecule has 1 heterocycles. The van der Waals surface area contributed by atoms with Crippen LogP contribution in [0.2, 0.25) is 0 Å². The number of hydrogen-bond donors (Lipinski definition) is 1. The van der Waals surface area contributed by atoms with Gasteiger partial charge in [0.05, 0.1) is 18.3 Å². The zero-order chi connectivity index (χ0) is 24.2. The van der Waals surface area contributed by atoms with Crippen LogP contribution in [-0.4, -0.2) is 20.3 Å². The van der Waals surface area contributed by atoms with E-state index in [0.29, 0.717) is 11.3 Å². The van der Waals surface area contributed by atoms with Gasteiger partial charge >= 0.3 is 5.69 Å².